The molecule has 1 aromatic carbocycles. The average Bonchev–Trinajstić information content (AvgIpc) is 3.58. The number of amides is 5. The second kappa shape index (κ2) is 15.0. The third-order valence-corrected chi connectivity index (χ3v) is 7.88. The van der Waals surface area contributed by atoms with E-state index >= 15 is 0 Å². The van der Waals surface area contributed by atoms with Crippen LogP contribution in [0.5, 0.6) is 0 Å². The maximum absolute atomic E-state index is 13.8. The number of ether oxygens (including phenoxy) is 1. The molecule has 3 heterocycles. The van der Waals surface area contributed by atoms with Crippen molar-refractivity contribution >= 4 is 41.0 Å². The van der Waals surface area contributed by atoms with Crippen LogP contribution in [0.15, 0.2) is 42.9 Å². The number of nitrogens with one attached hydrogen (secondary N) is 4. The molecule has 2 aliphatic rings. The van der Waals surface area contributed by atoms with Gasteiger partial charge in [-0.25, -0.2) is 4.98 Å². The Balaban J connectivity index is 1.51. The molecule has 0 bridgehead atoms. The Kier molecular flexibility index (Phi) is 11.2. The number of rotatable bonds is 14. The molecule has 2 aromatic rings. The normalized spacial score (nSPS) is 19.9. The highest BCUT2D eigenvalue weighted by atomic mass is 16.6. The molecule has 2 saturated heterocycles. The molecule has 4 rings (SSSR count). The fraction of sp³-hybridized carbons (Fsp3) is 0.500. The number of ketones is 1. The quantitative estimate of drug-likeness (QED) is 0.217. The number of aromatic nitrogens is 2. The van der Waals surface area contributed by atoms with E-state index < -0.39 is 47.4 Å². The Morgan fingerprint density at radius 2 is 1.76 bits per heavy atom. The second-order valence-corrected chi connectivity index (χ2v) is 12.2. The van der Waals surface area contributed by atoms with Crippen LogP contribution >= 0.6 is 0 Å². The summed E-state index contributed by atoms with van der Waals surface area (Å²) < 4.78 is 5.35. The number of epoxide rings is 1. The van der Waals surface area contributed by atoms with Gasteiger partial charge in [0.05, 0.1) is 25.4 Å². The zero-order chi connectivity index (χ0) is 33.4. The number of benzene rings is 1. The van der Waals surface area contributed by atoms with E-state index in [9.17, 15) is 28.8 Å². The zero-order valence-electron chi connectivity index (χ0n) is 26.5. The first-order valence-electron chi connectivity index (χ1n) is 15.4. The molecule has 246 valence electrons. The molecule has 0 aliphatic carbocycles. The monoisotopic (exact) mass is 635 g/mol. The Morgan fingerprint density at radius 3 is 2.37 bits per heavy atom. The van der Waals surface area contributed by atoms with Crippen molar-refractivity contribution in [2.24, 2.45) is 5.92 Å². The Bertz CT molecular complexity index is 1440. The predicted octanol–water partition coefficient (Wildman–Crippen LogP) is 0.772. The van der Waals surface area contributed by atoms with Crippen molar-refractivity contribution < 1.29 is 33.5 Å². The molecule has 0 unspecified atom stereocenters. The molecule has 2 aliphatic heterocycles. The molecule has 14 nitrogen and oxygen atoms in total. The summed E-state index contributed by atoms with van der Waals surface area (Å²) in [5.41, 5.74) is 0.366. The molecular formula is C32H41N7O7. The van der Waals surface area contributed by atoms with Crippen LogP contribution in [0.25, 0.3) is 0 Å². The lowest BCUT2D eigenvalue weighted by atomic mass is 9.93. The number of hydrogen-bond acceptors (Lipinski definition) is 9. The maximum Gasteiger partial charge on any atom is 0.275 e. The van der Waals surface area contributed by atoms with E-state index in [4.69, 9.17) is 4.74 Å². The van der Waals surface area contributed by atoms with Gasteiger partial charge < -0.3 is 30.9 Å². The highest BCUT2D eigenvalue weighted by Gasteiger charge is 2.50. The summed E-state index contributed by atoms with van der Waals surface area (Å²) in [5.74, 6) is -2.39. The fourth-order valence-electron chi connectivity index (χ4n) is 5.28. The van der Waals surface area contributed by atoms with E-state index in [2.05, 4.69) is 31.2 Å². The number of carbonyl (C=O) groups excluding carboxylic acids is 6. The minimum atomic E-state index is -1.09. The van der Waals surface area contributed by atoms with Crippen molar-refractivity contribution in [3.05, 3.63) is 54.1 Å². The maximum atomic E-state index is 13.8. The van der Waals surface area contributed by atoms with Crippen molar-refractivity contribution in [2.75, 3.05) is 25.0 Å². The molecule has 14 heteroatoms. The lowest BCUT2D eigenvalue weighted by molar-refractivity contribution is -0.139. The van der Waals surface area contributed by atoms with E-state index in [1.165, 1.54) is 30.4 Å². The third kappa shape index (κ3) is 9.16. The predicted molar refractivity (Wildman–Crippen MR) is 166 cm³/mol. The van der Waals surface area contributed by atoms with E-state index in [-0.39, 0.29) is 42.9 Å². The van der Waals surface area contributed by atoms with Gasteiger partial charge in [-0.3, -0.25) is 33.8 Å². The number of Topliss-reactive ketones (excluding diaryl/α,β-unsaturated/α-hetero) is 1. The summed E-state index contributed by atoms with van der Waals surface area (Å²) in [4.78, 5) is 86.4. The molecule has 0 saturated carbocycles. The van der Waals surface area contributed by atoms with Crippen molar-refractivity contribution in [3.63, 3.8) is 0 Å². The van der Waals surface area contributed by atoms with Crippen LogP contribution in [0, 0.1) is 5.92 Å². The van der Waals surface area contributed by atoms with E-state index in [1.807, 2.05) is 13.8 Å². The summed E-state index contributed by atoms with van der Waals surface area (Å²) >= 11 is 0. The Hall–Kier alpha value is -4.72. The molecule has 5 amide bonds. The number of nitrogens with zero attached hydrogens (tertiary/aromatic N) is 3. The summed E-state index contributed by atoms with van der Waals surface area (Å²) in [7, 11) is 0. The SMILES string of the molecule is CC(=O)NCC(=O)N1CCC[C@H]1C(=O)N[C@@H](Cc1ccc(NC(=O)c2cnccn2)cc1)C(=O)N[C@@H](CC(C)C)C(=O)[C@@]1(C)CO1. The molecule has 4 atom stereocenters. The van der Waals surface area contributed by atoms with Crippen LogP contribution in [0.4, 0.5) is 5.69 Å². The van der Waals surface area contributed by atoms with E-state index in [0.29, 0.717) is 37.1 Å². The van der Waals surface area contributed by atoms with Crippen molar-refractivity contribution in [2.45, 2.75) is 77.1 Å². The Morgan fingerprint density at radius 1 is 1.04 bits per heavy atom. The van der Waals surface area contributed by atoms with Gasteiger partial charge >= 0.3 is 0 Å². The molecule has 1 aromatic heterocycles. The molecular weight excluding hydrogens is 594 g/mol. The van der Waals surface area contributed by atoms with Gasteiger partial charge in [0.2, 0.25) is 23.6 Å². The zero-order valence-corrected chi connectivity index (χ0v) is 26.5. The van der Waals surface area contributed by atoms with Crippen LogP contribution in [-0.2, 0) is 35.1 Å². The summed E-state index contributed by atoms with van der Waals surface area (Å²) in [6.45, 7) is 7.27. The van der Waals surface area contributed by atoms with Crippen LogP contribution < -0.4 is 21.3 Å². The van der Waals surface area contributed by atoms with Gasteiger partial charge in [-0.1, -0.05) is 26.0 Å². The number of carbonyl (C=O) groups is 6. The smallest absolute Gasteiger partial charge is 0.275 e. The van der Waals surface area contributed by atoms with Gasteiger partial charge in [0.15, 0.2) is 5.78 Å². The fourth-order valence-corrected chi connectivity index (χ4v) is 5.28. The number of hydrogen-bond donors (Lipinski definition) is 4. The largest absolute Gasteiger partial charge is 0.361 e. The molecule has 2 fully saturated rings. The highest BCUT2D eigenvalue weighted by Crippen LogP contribution is 2.30. The molecule has 4 N–H and O–H groups in total. The topological polar surface area (TPSA) is 192 Å². The second-order valence-electron chi connectivity index (χ2n) is 12.2. The minimum Gasteiger partial charge on any atom is -0.361 e. The van der Waals surface area contributed by atoms with Gasteiger partial charge in [0.1, 0.15) is 23.4 Å². The van der Waals surface area contributed by atoms with Gasteiger partial charge in [0, 0.05) is 38.0 Å². The van der Waals surface area contributed by atoms with Gasteiger partial charge in [-0.05, 0) is 49.8 Å². The molecule has 46 heavy (non-hydrogen) atoms. The lowest BCUT2D eigenvalue weighted by Gasteiger charge is -2.28. The van der Waals surface area contributed by atoms with Crippen LogP contribution in [0.3, 0.4) is 0 Å². The van der Waals surface area contributed by atoms with Crippen molar-refractivity contribution in [3.8, 4) is 0 Å². The van der Waals surface area contributed by atoms with E-state index in [0.717, 1.165) is 0 Å². The third-order valence-electron chi connectivity index (χ3n) is 7.88. The van der Waals surface area contributed by atoms with Crippen LogP contribution in [0.1, 0.15) is 63.0 Å². The van der Waals surface area contributed by atoms with Crippen molar-refractivity contribution in [1.29, 1.82) is 0 Å². The first kappa shape index (κ1) is 34.2. The van der Waals surface area contributed by atoms with Crippen LogP contribution in [-0.4, -0.2) is 93.6 Å². The first-order valence-corrected chi connectivity index (χ1v) is 15.4. The summed E-state index contributed by atoms with van der Waals surface area (Å²) in [6.07, 6.45) is 5.67. The number of likely N-dealkylation sites (tertiary alicyclic amines) is 1. The van der Waals surface area contributed by atoms with E-state index in [1.54, 1.807) is 31.2 Å². The highest BCUT2D eigenvalue weighted by molar-refractivity contribution is 6.02. The summed E-state index contributed by atoms with van der Waals surface area (Å²) in [6, 6.07) is 4.03. The molecule has 0 radical (unpaired) electrons. The lowest BCUT2D eigenvalue weighted by Crippen LogP contribution is -2.57. The minimum absolute atomic E-state index is 0.0683. The van der Waals surface area contributed by atoms with Crippen LogP contribution in [0.2, 0.25) is 0 Å². The standard InChI is InChI=1S/C32H41N7O7/c1-19(2)14-23(28(42)32(4)18-46-32)37-29(43)24(38-31(45)26-6-5-13-39(26)27(41)17-35-20(3)40)15-21-7-9-22(10-8-21)36-30(44)25-16-33-11-12-34-25/h7-12,16,19,23-24,26H,5-6,13-15,17-18H2,1-4H3,(H,35,40)(H,36,44)(H,37,43)(H,38,45)/t23-,24-,26-,32+/m0/s1. The Labute approximate surface area is 267 Å². The average molecular weight is 636 g/mol. The van der Waals surface area contributed by atoms with Gasteiger partial charge in [-0.15, -0.1) is 0 Å². The number of anilines is 1. The van der Waals surface area contributed by atoms with Crippen molar-refractivity contribution in [1.82, 2.24) is 30.8 Å². The molecule has 0 spiro atoms. The van der Waals surface area contributed by atoms with Gasteiger partial charge in [-0.2, -0.15) is 0 Å². The first-order chi connectivity index (χ1) is 21.9. The summed E-state index contributed by atoms with van der Waals surface area (Å²) in [5, 5.41) is 10.9. The van der Waals surface area contributed by atoms with Gasteiger partial charge in [0.25, 0.3) is 5.91 Å².